The molecule has 0 aromatic carbocycles. The van der Waals surface area contributed by atoms with Gasteiger partial charge in [-0.15, -0.1) is 0 Å². The molecule has 5 aliphatic carbocycles. The summed E-state index contributed by atoms with van der Waals surface area (Å²) in [6, 6.07) is 2.18. The first-order valence-corrected chi connectivity index (χ1v) is 20.6. The minimum absolute atomic E-state index is 0.0241. The molecule has 268 valence electrons. The highest BCUT2D eigenvalue weighted by molar-refractivity contribution is 14.1. The molecular formula is C41H64IN3O3. The van der Waals surface area contributed by atoms with Gasteiger partial charge in [-0.1, -0.05) is 124 Å². The number of carbonyl (C=O) groups excluding carboxylic acids is 3. The van der Waals surface area contributed by atoms with Gasteiger partial charge >= 0.3 is 0 Å². The van der Waals surface area contributed by atoms with Crippen LogP contribution in [0.1, 0.15) is 140 Å². The van der Waals surface area contributed by atoms with Crippen molar-refractivity contribution in [2.45, 2.75) is 135 Å². The van der Waals surface area contributed by atoms with E-state index in [0.29, 0.717) is 0 Å². The van der Waals surface area contributed by atoms with E-state index in [4.69, 9.17) is 0 Å². The van der Waals surface area contributed by atoms with Gasteiger partial charge in [-0.3, -0.25) is 19.0 Å². The van der Waals surface area contributed by atoms with E-state index in [1.54, 1.807) is 23.3 Å². The van der Waals surface area contributed by atoms with E-state index in [1.807, 2.05) is 72.5 Å². The molecule has 0 N–H and O–H groups in total. The summed E-state index contributed by atoms with van der Waals surface area (Å²) in [7, 11) is 0. The van der Waals surface area contributed by atoms with Crippen molar-refractivity contribution >= 4 is 40.1 Å². The Hall–Kier alpha value is -2.08. The predicted molar refractivity (Wildman–Crippen MR) is 206 cm³/mol. The first-order chi connectivity index (χ1) is 22.6. The summed E-state index contributed by atoms with van der Waals surface area (Å²) in [6.45, 7) is 27.3. The third-order valence-electron chi connectivity index (χ3n) is 13.0. The Bertz CT molecular complexity index is 1430. The number of aromatic nitrogens is 2. The minimum atomic E-state index is -0.677. The number of hydrogen-bond donors (Lipinski definition) is 0. The number of fused-ring (bicyclic) bond motifs is 7. The number of imidazole rings is 1. The first kappa shape index (κ1) is 42.1. The molecule has 5 aliphatic rings. The minimum Gasteiger partial charge on any atom is -0.295 e. The summed E-state index contributed by atoms with van der Waals surface area (Å²) in [6.07, 6.45) is 14.7. The van der Waals surface area contributed by atoms with Crippen LogP contribution >= 0.6 is 22.6 Å². The van der Waals surface area contributed by atoms with Crippen molar-refractivity contribution in [3.63, 3.8) is 0 Å². The molecule has 7 heteroatoms. The quantitative estimate of drug-likeness (QED) is 0.209. The number of hydrogen-bond acceptors (Lipinski definition) is 5. The average Bonchev–Trinajstić information content (AvgIpc) is 3.62. The molecule has 7 atom stereocenters. The molecular weight excluding hydrogens is 709 g/mol. The van der Waals surface area contributed by atoms with Crippen molar-refractivity contribution in [1.29, 1.82) is 5.26 Å². The number of allylic oxidation sites excluding steroid dienone is 4. The van der Waals surface area contributed by atoms with Crippen LogP contribution in [-0.2, 0) is 9.59 Å². The largest absolute Gasteiger partial charge is 0.295 e. The van der Waals surface area contributed by atoms with Crippen LogP contribution in [0.5, 0.6) is 0 Å². The van der Waals surface area contributed by atoms with Crippen molar-refractivity contribution in [1.82, 2.24) is 9.55 Å². The third-order valence-corrected chi connectivity index (χ3v) is 13.0. The zero-order valence-electron chi connectivity index (χ0n) is 32.5. The smallest absolute Gasteiger partial charge is 0.238 e. The van der Waals surface area contributed by atoms with Gasteiger partial charge in [-0.2, -0.15) is 5.26 Å². The van der Waals surface area contributed by atoms with Crippen molar-refractivity contribution < 1.29 is 14.4 Å². The second-order valence-corrected chi connectivity index (χ2v) is 15.7. The standard InChI is InChI=1S/C34H43N3O3.3C2H6.CH3I/c1-29(2)10-12-34(28(40)37-15-14-36-20-37)13-11-33(7)26(22(34)18-29)23(38)16-25-31(5)17-21(19-35)27(39)30(3,4)24(31)8-9-32(25,33)6;4*1-2/h14-17,20,22,24,26H,8-13,18H2,1-7H3;3*1-2H3;1H3/t22?,24?,26?,31-,32+,33+,34-;;;;/m0..../s1. The van der Waals surface area contributed by atoms with E-state index < -0.39 is 16.2 Å². The maximum absolute atomic E-state index is 14.6. The van der Waals surface area contributed by atoms with E-state index >= 15 is 0 Å². The summed E-state index contributed by atoms with van der Waals surface area (Å²) in [4.78, 5) is 48.2. The second kappa shape index (κ2) is 15.4. The van der Waals surface area contributed by atoms with Crippen molar-refractivity contribution in [3.05, 3.63) is 42.0 Å². The fourth-order valence-electron chi connectivity index (χ4n) is 10.6. The van der Waals surface area contributed by atoms with Crippen LogP contribution in [0.2, 0.25) is 0 Å². The van der Waals surface area contributed by atoms with Crippen molar-refractivity contribution in [2.75, 3.05) is 4.93 Å². The van der Waals surface area contributed by atoms with E-state index in [1.165, 1.54) is 0 Å². The zero-order valence-corrected chi connectivity index (χ0v) is 34.7. The van der Waals surface area contributed by atoms with Gasteiger partial charge < -0.3 is 0 Å². The number of ketones is 2. The van der Waals surface area contributed by atoms with Crippen molar-refractivity contribution in [2.24, 2.45) is 50.2 Å². The summed E-state index contributed by atoms with van der Waals surface area (Å²) in [5.74, 6) is -0.144. The van der Waals surface area contributed by atoms with Gasteiger partial charge in [-0.05, 0) is 84.0 Å². The average molecular weight is 774 g/mol. The number of Topliss-reactive ketones (excluding diaryl/α,β-unsaturated/α-hetero) is 1. The topological polar surface area (TPSA) is 92.8 Å². The van der Waals surface area contributed by atoms with Crippen LogP contribution in [-0.4, -0.2) is 32.0 Å². The highest BCUT2D eigenvalue weighted by Gasteiger charge is 2.70. The molecule has 1 aromatic rings. The molecule has 0 bridgehead atoms. The maximum Gasteiger partial charge on any atom is 0.238 e. The van der Waals surface area contributed by atoms with Crippen LogP contribution in [0.25, 0.3) is 0 Å². The normalized spacial score (nSPS) is 36.5. The Balaban J connectivity index is 0.000000933. The molecule has 3 saturated carbocycles. The van der Waals surface area contributed by atoms with Crippen LogP contribution in [0.3, 0.4) is 0 Å². The van der Waals surface area contributed by atoms with Gasteiger partial charge in [0.15, 0.2) is 11.6 Å². The molecule has 0 aliphatic heterocycles. The van der Waals surface area contributed by atoms with E-state index in [0.717, 1.165) is 50.5 Å². The summed E-state index contributed by atoms with van der Waals surface area (Å²) in [5, 5.41) is 9.92. The van der Waals surface area contributed by atoms with Gasteiger partial charge in [0, 0.05) is 29.1 Å². The Morgan fingerprint density at radius 3 is 2.04 bits per heavy atom. The van der Waals surface area contributed by atoms with Gasteiger partial charge in [0.1, 0.15) is 12.4 Å². The molecule has 3 fully saturated rings. The lowest BCUT2D eigenvalue weighted by Crippen LogP contribution is -2.66. The molecule has 0 saturated heterocycles. The van der Waals surface area contributed by atoms with Gasteiger partial charge in [0.25, 0.3) is 0 Å². The van der Waals surface area contributed by atoms with Gasteiger partial charge in [0.05, 0.1) is 11.0 Å². The number of rotatable bonds is 1. The number of nitriles is 1. The second-order valence-electron chi connectivity index (χ2n) is 15.7. The highest BCUT2D eigenvalue weighted by Crippen LogP contribution is 2.74. The Morgan fingerprint density at radius 2 is 1.50 bits per heavy atom. The molecule has 1 aromatic heterocycles. The number of alkyl halides is 1. The lowest BCUT2D eigenvalue weighted by atomic mass is 9.34. The Kier molecular flexibility index (Phi) is 13.5. The monoisotopic (exact) mass is 773 g/mol. The van der Waals surface area contributed by atoms with Crippen LogP contribution in [0.15, 0.2) is 42.0 Å². The molecule has 3 unspecified atom stereocenters. The van der Waals surface area contributed by atoms with Crippen LogP contribution in [0.4, 0.5) is 0 Å². The third kappa shape index (κ3) is 6.23. The summed E-state index contributed by atoms with van der Waals surface area (Å²) >= 11 is 2.15. The first-order valence-electron chi connectivity index (χ1n) is 18.4. The molecule has 0 spiro atoms. The Labute approximate surface area is 306 Å². The van der Waals surface area contributed by atoms with Gasteiger partial charge in [0.2, 0.25) is 5.91 Å². The molecule has 0 radical (unpaired) electrons. The molecule has 0 amide bonds. The number of nitrogens with zero attached hydrogens (tertiary/aromatic N) is 3. The number of halogens is 1. The maximum atomic E-state index is 14.6. The molecule has 6 rings (SSSR count). The fraction of sp³-hybridized carbons (Fsp3) is 0.732. The van der Waals surface area contributed by atoms with Gasteiger partial charge in [-0.25, -0.2) is 4.98 Å². The lowest BCUT2D eigenvalue weighted by molar-refractivity contribution is -0.164. The Morgan fingerprint density at radius 1 is 0.917 bits per heavy atom. The van der Waals surface area contributed by atoms with E-state index in [-0.39, 0.29) is 57.0 Å². The molecule has 48 heavy (non-hydrogen) atoms. The highest BCUT2D eigenvalue weighted by atomic mass is 127. The molecule has 6 nitrogen and oxygen atoms in total. The summed E-state index contributed by atoms with van der Waals surface area (Å²) < 4.78 is 1.64. The molecule has 1 heterocycles. The summed E-state index contributed by atoms with van der Waals surface area (Å²) in [5.41, 5.74) is -1.05. The zero-order chi connectivity index (χ0) is 37.1. The SMILES string of the molecule is CC.CC.CC.CC1(C)CC[C@]2(C(=O)n3ccnc3)CC[C@]3(C)C(C(=O)C=C4[C@@]5(C)C=C(C#N)C(=O)C(C)(C)C5CC[C@]43C)C2C1.CI. The van der Waals surface area contributed by atoms with Crippen LogP contribution < -0.4 is 0 Å². The lowest BCUT2D eigenvalue weighted by Gasteiger charge is -2.69. The predicted octanol–water partition coefficient (Wildman–Crippen LogP) is 10.9. The van der Waals surface area contributed by atoms with E-state index in [2.05, 4.69) is 68.3 Å². The van der Waals surface area contributed by atoms with E-state index in [9.17, 15) is 19.6 Å². The number of carbonyl (C=O) groups is 3. The van der Waals surface area contributed by atoms with Crippen LogP contribution in [0, 0.1) is 61.6 Å². The fourth-order valence-corrected chi connectivity index (χ4v) is 10.6. The van der Waals surface area contributed by atoms with Crippen molar-refractivity contribution in [3.8, 4) is 6.07 Å².